The number of aliphatic hydroxyl groups is 3. The van der Waals surface area contributed by atoms with Crippen LogP contribution < -0.4 is 0 Å². The molecule has 16 nitrogen and oxygen atoms in total. The maximum Gasteiger partial charge on any atom is 0.472 e. The number of aliphatic hydroxyl groups excluding tert-OH is 3. The van der Waals surface area contributed by atoms with Crippen LogP contribution in [0.2, 0.25) is 0 Å². The molecule has 18 heteroatoms. The van der Waals surface area contributed by atoms with Crippen molar-refractivity contribution in [1.82, 2.24) is 0 Å². The van der Waals surface area contributed by atoms with Gasteiger partial charge in [-0.1, -0.05) is 154 Å². The highest BCUT2D eigenvalue weighted by molar-refractivity contribution is 7.47. The first-order chi connectivity index (χ1) is 30.4. The monoisotopic (exact) mass is 955 g/mol. The average Bonchev–Trinajstić information content (AvgIpc) is 3.50. The molecule has 0 heterocycles. The summed E-state index contributed by atoms with van der Waals surface area (Å²) in [6, 6.07) is 0. The summed E-state index contributed by atoms with van der Waals surface area (Å²) < 4.78 is 47.8. The first kappa shape index (κ1) is 60.2. The minimum Gasteiger partial charge on any atom is -0.462 e. The maximum absolute atomic E-state index is 12.7. The number of esters is 2. The zero-order valence-corrected chi connectivity index (χ0v) is 40.8. The molecule has 64 heavy (non-hydrogen) atoms. The van der Waals surface area contributed by atoms with E-state index in [1.807, 2.05) is 12.2 Å². The fourth-order valence-corrected chi connectivity index (χ4v) is 8.55. The van der Waals surface area contributed by atoms with Crippen molar-refractivity contribution < 1.29 is 76.6 Å². The zero-order chi connectivity index (χ0) is 47.6. The van der Waals surface area contributed by atoms with Crippen LogP contribution in [-0.2, 0) is 46.6 Å². The first-order valence-corrected chi connectivity index (χ1v) is 27.0. The molecule has 0 spiro atoms. The normalized spacial score (nSPS) is 19.4. The number of Topliss-reactive ketones (excluding diaryl/α,β-unsaturated/α-hetero) is 1. The molecule has 1 fully saturated rings. The number of hydrogen-bond donors (Lipinski definition) is 6. The Kier molecular flexibility index (Phi) is 34.1. The molecule has 0 aliphatic heterocycles. The molecule has 0 radical (unpaired) electrons. The van der Waals surface area contributed by atoms with E-state index in [4.69, 9.17) is 23.8 Å². The zero-order valence-electron chi connectivity index (χ0n) is 39.0. The van der Waals surface area contributed by atoms with E-state index in [9.17, 15) is 43.7 Å². The lowest BCUT2D eigenvalue weighted by atomic mass is 9.90. The molecule has 1 rings (SSSR count). The SMILES string of the molecule is CCCCC[C@H](O)/C=C/[C@H]1C(=O)C[C@H](O)[C@@H]1C/C=C\CCCC(=O)OC[C@H](COP(=O)(O)OC[C@@H](O)COP(=O)(O)O)OC(=O)CCCCCCCCCCCCCCCCC(C)C. The topological polar surface area (TPSA) is 253 Å². The molecule has 1 aliphatic rings. The summed E-state index contributed by atoms with van der Waals surface area (Å²) >= 11 is 0. The van der Waals surface area contributed by atoms with Gasteiger partial charge in [-0.25, -0.2) is 9.13 Å². The van der Waals surface area contributed by atoms with Gasteiger partial charge in [0.15, 0.2) is 6.10 Å². The standard InChI is InChI=1S/C46H84O16P2/c1-4-5-20-26-38(47)30-31-42-41(43(49)32-44(42)50)27-22-18-19-23-28-45(51)58-35-40(36-61-64(56,57)60-34-39(48)33-59-63(53,54)55)62-46(52)29-24-17-15-13-11-9-7-6-8-10-12-14-16-21-25-37(2)3/h18,22,30-31,37-43,47-49H,4-17,19-21,23-29,32-36H2,1-3H3,(H,56,57)(H2,53,54,55)/b22-18-,31-30+/t38-,39-,40+,41+,42+,43-/m0/s1. The van der Waals surface area contributed by atoms with Crippen molar-refractivity contribution in [2.24, 2.45) is 17.8 Å². The molecule has 1 saturated carbocycles. The second-order valence-electron chi connectivity index (χ2n) is 17.7. The predicted molar refractivity (Wildman–Crippen MR) is 245 cm³/mol. The Morgan fingerprint density at radius 1 is 0.703 bits per heavy atom. The Labute approximate surface area is 383 Å². The van der Waals surface area contributed by atoms with Crippen LogP contribution in [0.5, 0.6) is 0 Å². The second kappa shape index (κ2) is 36.3. The van der Waals surface area contributed by atoms with Crippen LogP contribution in [0, 0.1) is 17.8 Å². The first-order valence-electron chi connectivity index (χ1n) is 24.0. The highest BCUT2D eigenvalue weighted by atomic mass is 31.2. The van der Waals surface area contributed by atoms with Crippen molar-refractivity contribution >= 4 is 33.4 Å². The summed E-state index contributed by atoms with van der Waals surface area (Å²) in [6.07, 6.45) is 25.4. The van der Waals surface area contributed by atoms with Crippen LogP contribution in [0.4, 0.5) is 0 Å². The van der Waals surface area contributed by atoms with Gasteiger partial charge in [0.2, 0.25) is 0 Å². The number of carbonyl (C=O) groups excluding carboxylic acids is 3. The molecular weight excluding hydrogens is 870 g/mol. The third-order valence-electron chi connectivity index (χ3n) is 11.1. The fourth-order valence-electron chi connectivity index (χ4n) is 7.40. The molecule has 0 saturated heterocycles. The number of allylic oxidation sites excluding steroid dienone is 3. The maximum atomic E-state index is 12.7. The minimum absolute atomic E-state index is 0.00649. The van der Waals surface area contributed by atoms with E-state index in [1.54, 1.807) is 12.2 Å². The van der Waals surface area contributed by atoms with E-state index in [-0.39, 0.29) is 31.0 Å². The molecule has 6 N–H and O–H groups in total. The van der Waals surface area contributed by atoms with Crippen LogP contribution in [0.1, 0.15) is 181 Å². The highest BCUT2D eigenvalue weighted by Gasteiger charge is 2.39. The van der Waals surface area contributed by atoms with Gasteiger partial charge in [-0.05, 0) is 38.0 Å². The van der Waals surface area contributed by atoms with Crippen molar-refractivity contribution in [2.45, 2.75) is 206 Å². The van der Waals surface area contributed by atoms with E-state index in [1.165, 1.54) is 64.2 Å². The number of hydrogen-bond acceptors (Lipinski definition) is 13. The summed E-state index contributed by atoms with van der Waals surface area (Å²) in [6.45, 7) is 3.70. The Balaban J connectivity index is 2.52. The number of phosphoric acid groups is 2. The van der Waals surface area contributed by atoms with Crippen LogP contribution >= 0.6 is 15.6 Å². The van der Waals surface area contributed by atoms with Gasteiger partial charge in [0.25, 0.3) is 0 Å². The van der Waals surface area contributed by atoms with Gasteiger partial charge in [0.05, 0.1) is 32.0 Å². The van der Waals surface area contributed by atoms with Gasteiger partial charge in [0.1, 0.15) is 18.5 Å². The van der Waals surface area contributed by atoms with Crippen LogP contribution in [-0.4, -0.2) is 98.6 Å². The molecule has 374 valence electrons. The quantitative estimate of drug-likeness (QED) is 0.0145. The lowest BCUT2D eigenvalue weighted by Gasteiger charge is -2.20. The number of ether oxygens (including phenoxy) is 2. The highest BCUT2D eigenvalue weighted by Crippen LogP contribution is 2.44. The minimum atomic E-state index is -4.90. The van der Waals surface area contributed by atoms with Gasteiger partial charge in [-0.15, -0.1) is 0 Å². The summed E-state index contributed by atoms with van der Waals surface area (Å²) in [5, 5.41) is 30.5. The van der Waals surface area contributed by atoms with Crippen LogP contribution in [0.15, 0.2) is 24.3 Å². The molecule has 0 bridgehead atoms. The van der Waals surface area contributed by atoms with Crippen molar-refractivity contribution in [3.63, 3.8) is 0 Å². The molecule has 0 amide bonds. The molecule has 1 unspecified atom stereocenters. The summed E-state index contributed by atoms with van der Waals surface area (Å²) in [5.74, 6) is -1.28. The van der Waals surface area contributed by atoms with Gasteiger partial charge in [0, 0.05) is 31.1 Å². The van der Waals surface area contributed by atoms with Crippen molar-refractivity contribution in [3.05, 3.63) is 24.3 Å². The Morgan fingerprint density at radius 2 is 1.25 bits per heavy atom. The summed E-state index contributed by atoms with van der Waals surface area (Å²) in [7, 11) is -9.77. The van der Waals surface area contributed by atoms with Crippen molar-refractivity contribution in [1.29, 1.82) is 0 Å². The van der Waals surface area contributed by atoms with Crippen LogP contribution in [0.25, 0.3) is 0 Å². The van der Waals surface area contributed by atoms with E-state index in [2.05, 4.69) is 29.8 Å². The van der Waals surface area contributed by atoms with E-state index in [0.717, 1.165) is 50.9 Å². The Bertz CT molecular complexity index is 1400. The molecular formula is C46H84O16P2. The number of ketones is 1. The summed E-state index contributed by atoms with van der Waals surface area (Å²) in [4.78, 5) is 65.5. The predicted octanol–water partition coefficient (Wildman–Crippen LogP) is 9.12. The van der Waals surface area contributed by atoms with Gasteiger partial charge < -0.3 is 39.5 Å². The smallest absolute Gasteiger partial charge is 0.462 e. The number of phosphoric ester groups is 2. The number of rotatable bonds is 41. The van der Waals surface area contributed by atoms with Crippen molar-refractivity contribution in [2.75, 3.05) is 26.4 Å². The largest absolute Gasteiger partial charge is 0.472 e. The number of unbranched alkanes of at least 4 members (excludes halogenated alkanes) is 16. The molecule has 0 aromatic heterocycles. The van der Waals surface area contributed by atoms with Crippen LogP contribution in [0.3, 0.4) is 0 Å². The van der Waals surface area contributed by atoms with E-state index >= 15 is 0 Å². The summed E-state index contributed by atoms with van der Waals surface area (Å²) in [5.41, 5.74) is 0. The molecule has 0 aromatic carbocycles. The lowest BCUT2D eigenvalue weighted by molar-refractivity contribution is -0.161. The van der Waals surface area contributed by atoms with E-state index in [0.29, 0.717) is 32.1 Å². The van der Waals surface area contributed by atoms with Crippen molar-refractivity contribution in [3.8, 4) is 0 Å². The second-order valence-corrected chi connectivity index (χ2v) is 20.3. The average molecular weight is 955 g/mol. The number of carbonyl (C=O) groups is 3. The van der Waals surface area contributed by atoms with Gasteiger partial charge in [-0.3, -0.25) is 28.0 Å². The van der Waals surface area contributed by atoms with Gasteiger partial charge >= 0.3 is 27.6 Å². The Morgan fingerprint density at radius 3 is 1.84 bits per heavy atom. The lowest BCUT2D eigenvalue weighted by Crippen LogP contribution is -2.30. The van der Waals surface area contributed by atoms with E-state index < -0.39 is 84.3 Å². The Hall–Kier alpha value is -1.81. The molecule has 7 atom stereocenters. The molecule has 1 aliphatic carbocycles. The molecule has 0 aromatic rings. The third kappa shape index (κ3) is 33.6. The van der Waals surface area contributed by atoms with Gasteiger partial charge in [-0.2, -0.15) is 0 Å². The third-order valence-corrected chi connectivity index (χ3v) is 12.6. The fraction of sp³-hybridized carbons (Fsp3) is 0.848.